The summed E-state index contributed by atoms with van der Waals surface area (Å²) in [4.78, 5) is 38.2. The molecule has 0 aliphatic heterocycles. The number of carbonyl (C=O) groups is 2. The molecule has 0 aromatic heterocycles. The van der Waals surface area contributed by atoms with Crippen LogP contribution >= 0.6 is 15.9 Å². The Balaban J connectivity index is 2.04. The monoisotopic (exact) mass is 602 g/mol. The molecule has 3 aromatic carbocycles. The zero-order valence-electron chi connectivity index (χ0n) is 20.8. The highest BCUT2D eigenvalue weighted by molar-refractivity contribution is 9.10. The first-order chi connectivity index (χ1) is 18.0. The third-order valence-corrected chi connectivity index (χ3v) is 8.00. The van der Waals surface area contributed by atoms with E-state index >= 15 is 0 Å². The normalized spacial score (nSPS) is 11.9. The molecule has 38 heavy (non-hydrogen) atoms. The zero-order valence-corrected chi connectivity index (χ0v) is 23.2. The van der Waals surface area contributed by atoms with Crippen molar-refractivity contribution in [2.24, 2.45) is 0 Å². The molecule has 10 nitrogen and oxygen atoms in total. The number of likely N-dealkylation sites (N-methyl/N-ethyl adjacent to an activating group) is 1. The van der Waals surface area contributed by atoms with Gasteiger partial charge in [0.2, 0.25) is 11.8 Å². The van der Waals surface area contributed by atoms with Crippen LogP contribution in [0.1, 0.15) is 19.4 Å². The van der Waals surface area contributed by atoms with Crippen molar-refractivity contribution in [1.82, 2.24) is 10.2 Å². The first kappa shape index (κ1) is 28.8. The predicted molar refractivity (Wildman–Crippen MR) is 147 cm³/mol. The standard InChI is InChI=1S/C26H27BrN4O6S/c1-3-28-26(33)19(2)29(17-20-8-7-9-21(27)16-20)25(32)18-30(22-12-14-23(15-13-22)31(34)35)38(36,37)24-10-5-4-6-11-24/h4-16,19H,3,17-18H2,1-2H3,(H,28,33). The molecule has 0 saturated heterocycles. The van der Waals surface area contributed by atoms with Crippen LogP contribution in [0, 0.1) is 10.1 Å². The van der Waals surface area contributed by atoms with Crippen LogP contribution in [0.25, 0.3) is 0 Å². The second-order valence-corrected chi connectivity index (χ2v) is 11.1. The third kappa shape index (κ3) is 6.95. The summed E-state index contributed by atoms with van der Waals surface area (Å²) in [5.74, 6) is -1.01. The molecule has 12 heteroatoms. The Morgan fingerprint density at radius 3 is 2.26 bits per heavy atom. The van der Waals surface area contributed by atoms with E-state index in [2.05, 4.69) is 21.2 Å². The number of nitro benzene ring substituents is 1. The number of sulfonamides is 1. The average Bonchev–Trinajstić information content (AvgIpc) is 2.90. The van der Waals surface area contributed by atoms with Crippen molar-refractivity contribution < 1.29 is 22.9 Å². The second-order valence-electron chi connectivity index (χ2n) is 8.32. The molecule has 0 aliphatic rings. The van der Waals surface area contributed by atoms with Crippen LogP contribution in [-0.4, -0.2) is 49.2 Å². The van der Waals surface area contributed by atoms with E-state index in [9.17, 15) is 28.1 Å². The highest BCUT2D eigenvalue weighted by atomic mass is 79.9. The summed E-state index contributed by atoms with van der Waals surface area (Å²) in [6.07, 6.45) is 0. The average molecular weight is 603 g/mol. The second kappa shape index (κ2) is 12.7. The number of rotatable bonds is 11. The smallest absolute Gasteiger partial charge is 0.269 e. The Bertz CT molecular complexity index is 1400. The number of hydrogen-bond donors (Lipinski definition) is 1. The van der Waals surface area contributed by atoms with E-state index in [-0.39, 0.29) is 28.7 Å². The minimum Gasteiger partial charge on any atom is -0.355 e. The minimum absolute atomic E-state index is 0.0516. The van der Waals surface area contributed by atoms with E-state index in [1.165, 1.54) is 41.3 Å². The number of anilines is 1. The maximum absolute atomic E-state index is 13.7. The van der Waals surface area contributed by atoms with Gasteiger partial charge in [0, 0.05) is 29.7 Å². The van der Waals surface area contributed by atoms with E-state index < -0.39 is 33.4 Å². The SMILES string of the molecule is CCNC(=O)C(C)N(Cc1cccc(Br)c1)C(=O)CN(c1ccc([N+](=O)[O-])cc1)S(=O)(=O)c1ccccc1. The van der Waals surface area contributed by atoms with E-state index in [0.29, 0.717) is 6.54 Å². The molecule has 3 rings (SSSR count). The summed E-state index contributed by atoms with van der Waals surface area (Å²) in [6, 6.07) is 18.8. The quantitative estimate of drug-likeness (QED) is 0.260. The number of carbonyl (C=O) groups excluding carboxylic acids is 2. The van der Waals surface area contributed by atoms with Crippen LogP contribution in [0.4, 0.5) is 11.4 Å². The van der Waals surface area contributed by atoms with Crippen molar-refractivity contribution in [2.75, 3.05) is 17.4 Å². The summed E-state index contributed by atoms with van der Waals surface area (Å²) in [5, 5.41) is 13.8. The van der Waals surface area contributed by atoms with Gasteiger partial charge in [-0.25, -0.2) is 8.42 Å². The van der Waals surface area contributed by atoms with Crippen LogP contribution in [0.15, 0.2) is 88.2 Å². The number of nitrogens with zero attached hydrogens (tertiary/aromatic N) is 3. The Labute approximate surface area is 229 Å². The Kier molecular flexibility index (Phi) is 9.59. The first-order valence-electron chi connectivity index (χ1n) is 11.7. The topological polar surface area (TPSA) is 130 Å². The van der Waals surface area contributed by atoms with Crippen LogP contribution in [0.2, 0.25) is 0 Å². The van der Waals surface area contributed by atoms with E-state index in [1.807, 2.05) is 6.07 Å². The van der Waals surface area contributed by atoms with Gasteiger partial charge in [-0.05, 0) is 55.8 Å². The predicted octanol–water partition coefficient (Wildman–Crippen LogP) is 4.11. The molecule has 0 spiro atoms. The van der Waals surface area contributed by atoms with Crippen LogP contribution in [0.3, 0.4) is 0 Å². The number of hydrogen-bond acceptors (Lipinski definition) is 6. The Hall–Kier alpha value is -3.77. The molecular formula is C26H27BrN4O6S. The molecule has 0 aliphatic carbocycles. The van der Waals surface area contributed by atoms with E-state index in [1.54, 1.807) is 50.2 Å². The van der Waals surface area contributed by atoms with Crippen molar-refractivity contribution in [2.45, 2.75) is 31.3 Å². The number of amides is 2. The fourth-order valence-electron chi connectivity index (χ4n) is 3.73. The summed E-state index contributed by atoms with van der Waals surface area (Å²) in [7, 11) is -4.24. The number of non-ortho nitro benzene ring substituents is 1. The summed E-state index contributed by atoms with van der Waals surface area (Å²) in [5.41, 5.74) is 0.579. The first-order valence-corrected chi connectivity index (χ1v) is 13.9. The van der Waals surface area contributed by atoms with Crippen LogP contribution in [-0.2, 0) is 26.2 Å². The summed E-state index contributed by atoms with van der Waals surface area (Å²) >= 11 is 3.40. The molecule has 0 bridgehead atoms. The van der Waals surface area contributed by atoms with Gasteiger partial charge in [0.25, 0.3) is 15.7 Å². The molecule has 0 saturated carbocycles. The van der Waals surface area contributed by atoms with Crippen molar-refractivity contribution in [1.29, 1.82) is 0 Å². The van der Waals surface area contributed by atoms with Gasteiger partial charge in [-0.3, -0.25) is 24.0 Å². The fourth-order valence-corrected chi connectivity index (χ4v) is 5.61. The summed E-state index contributed by atoms with van der Waals surface area (Å²) < 4.78 is 29.0. The molecule has 1 atom stereocenters. The number of halogens is 1. The molecule has 1 unspecified atom stereocenters. The van der Waals surface area contributed by atoms with Gasteiger partial charge in [0.05, 0.1) is 15.5 Å². The van der Waals surface area contributed by atoms with Gasteiger partial charge in [-0.2, -0.15) is 0 Å². The third-order valence-electron chi connectivity index (χ3n) is 5.72. The van der Waals surface area contributed by atoms with Crippen molar-refractivity contribution in [3.63, 3.8) is 0 Å². The van der Waals surface area contributed by atoms with E-state index in [0.717, 1.165) is 14.3 Å². The van der Waals surface area contributed by atoms with Gasteiger partial charge in [0.1, 0.15) is 12.6 Å². The highest BCUT2D eigenvalue weighted by Crippen LogP contribution is 2.26. The molecular weight excluding hydrogens is 576 g/mol. The maximum atomic E-state index is 13.7. The van der Waals surface area contributed by atoms with Gasteiger partial charge >= 0.3 is 0 Å². The fraction of sp³-hybridized carbons (Fsp3) is 0.231. The highest BCUT2D eigenvalue weighted by Gasteiger charge is 2.32. The Morgan fingerprint density at radius 2 is 1.68 bits per heavy atom. The van der Waals surface area contributed by atoms with Gasteiger partial charge in [-0.1, -0.05) is 46.3 Å². The van der Waals surface area contributed by atoms with Gasteiger partial charge < -0.3 is 10.2 Å². The molecule has 0 fully saturated rings. The van der Waals surface area contributed by atoms with Crippen molar-refractivity contribution in [3.05, 3.63) is 99.0 Å². The van der Waals surface area contributed by atoms with Gasteiger partial charge in [0.15, 0.2) is 0 Å². The zero-order chi connectivity index (χ0) is 27.9. The Morgan fingerprint density at radius 1 is 1.03 bits per heavy atom. The lowest BCUT2D eigenvalue weighted by Crippen LogP contribution is -2.51. The summed E-state index contributed by atoms with van der Waals surface area (Å²) in [6.45, 7) is 3.11. The molecule has 3 aromatic rings. The minimum atomic E-state index is -4.24. The largest absolute Gasteiger partial charge is 0.355 e. The molecule has 0 radical (unpaired) electrons. The maximum Gasteiger partial charge on any atom is 0.269 e. The number of nitrogens with one attached hydrogen (secondary N) is 1. The molecule has 0 heterocycles. The lowest BCUT2D eigenvalue weighted by atomic mass is 10.1. The van der Waals surface area contributed by atoms with E-state index in [4.69, 9.17) is 0 Å². The van der Waals surface area contributed by atoms with Crippen molar-refractivity contribution in [3.8, 4) is 0 Å². The number of benzene rings is 3. The number of nitro groups is 1. The molecule has 200 valence electrons. The lowest BCUT2D eigenvalue weighted by Gasteiger charge is -2.32. The molecule has 2 amide bonds. The van der Waals surface area contributed by atoms with Crippen LogP contribution in [0.5, 0.6) is 0 Å². The van der Waals surface area contributed by atoms with Crippen molar-refractivity contribution >= 4 is 49.1 Å². The lowest BCUT2D eigenvalue weighted by molar-refractivity contribution is -0.384. The van der Waals surface area contributed by atoms with Gasteiger partial charge in [-0.15, -0.1) is 0 Å². The molecule has 1 N–H and O–H groups in total. The van der Waals surface area contributed by atoms with Crippen LogP contribution < -0.4 is 9.62 Å².